The highest BCUT2D eigenvalue weighted by Crippen LogP contribution is 2.31. The molecule has 1 heterocycles. The maximum absolute atomic E-state index is 13.6. The molecule has 2 N–H and O–H groups in total. The number of imidazole rings is 1. The van der Waals surface area contributed by atoms with Crippen LogP contribution < -0.4 is 5.73 Å². The summed E-state index contributed by atoms with van der Waals surface area (Å²) in [6.07, 6.45) is 0. The number of benzene rings is 1. The lowest BCUT2D eigenvalue weighted by molar-refractivity contribution is 0.311. The zero-order valence-electron chi connectivity index (χ0n) is 10.7. The summed E-state index contributed by atoms with van der Waals surface area (Å²) in [5, 5.41) is 0. The highest BCUT2D eigenvalue weighted by Gasteiger charge is 2.27. The van der Waals surface area contributed by atoms with E-state index in [0.717, 1.165) is 11.3 Å². The molecule has 0 radical (unpaired) electrons. The van der Waals surface area contributed by atoms with Gasteiger partial charge < -0.3 is 10.3 Å². The van der Waals surface area contributed by atoms with Crippen molar-refractivity contribution in [1.82, 2.24) is 9.55 Å². The molecule has 0 fully saturated rings. The number of halogens is 1. The number of hydrogen-bond acceptors (Lipinski definition) is 2. The number of fused-ring (bicyclic) bond motifs is 1. The maximum atomic E-state index is 13.6. The molecule has 0 saturated carbocycles. The van der Waals surface area contributed by atoms with Crippen molar-refractivity contribution in [3.63, 3.8) is 0 Å². The van der Waals surface area contributed by atoms with Gasteiger partial charge in [-0.25, -0.2) is 9.37 Å². The second-order valence-electron chi connectivity index (χ2n) is 5.48. The van der Waals surface area contributed by atoms with Crippen molar-refractivity contribution in [3.05, 3.63) is 29.8 Å². The van der Waals surface area contributed by atoms with Crippen LogP contribution in [0.4, 0.5) is 4.39 Å². The summed E-state index contributed by atoms with van der Waals surface area (Å²) >= 11 is 0. The molecule has 4 heteroatoms. The Balaban J connectivity index is 2.64. The Bertz CT molecular complexity index is 552. The molecule has 92 valence electrons. The Morgan fingerprint density at radius 3 is 2.53 bits per heavy atom. The largest absolute Gasteiger partial charge is 0.330 e. The number of aryl methyl sites for hydroxylation is 1. The molecule has 2 rings (SSSR count). The Labute approximate surface area is 100 Å². The van der Waals surface area contributed by atoms with E-state index in [1.54, 1.807) is 6.07 Å². The van der Waals surface area contributed by atoms with Crippen LogP contribution in [0.1, 0.15) is 32.6 Å². The van der Waals surface area contributed by atoms with Gasteiger partial charge in [-0.2, -0.15) is 0 Å². The monoisotopic (exact) mass is 235 g/mol. The van der Waals surface area contributed by atoms with Crippen LogP contribution in [0.2, 0.25) is 0 Å². The molecule has 2 aromatic rings. The first-order valence-electron chi connectivity index (χ1n) is 5.69. The summed E-state index contributed by atoms with van der Waals surface area (Å²) in [5.41, 5.74) is 7.25. The lowest BCUT2D eigenvalue weighted by atomic mass is 9.87. The smallest absolute Gasteiger partial charge is 0.151 e. The minimum absolute atomic E-state index is 0.106. The molecule has 1 atom stereocenters. The summed E-state index contributed by atoms with van der Waals surface area (Å²) in [5.74, 6) is 0.419. The molecule has 1 aromatic heterocycles. The summed E-state index contributed by atoms with van der Waals surface area (Å²) in [6, 6.07) is 4.73. The highest BCUT2D eigenvalue weighted by atomic mass is 19.1. The summed E-state index contributed by atoms with van der Waals surface area (Å²) in [7, 11) is 1.87. The number of nitrogens with zero attached hydrogens (tertiary/aromatic N) is 2. The van der Waals surface area contributed by atoms with Gasteiger partial charge in [0.1, 0.15) is 11.3 Å². The van der Waals surface area contributed by atoms with Crippen molar-refractivity contribution in [3.8, 4) is 0 Å². The predicted molar refractivity (Wildman–Crippen MR) is 67.1 cm³/mol. The van der Waals surface area contributed by atoms with Gasteiger partial charge in [-0.05, 0) is 17.5 Å². The van der Waals surface area contributed by atoms with Crippen LogP contribution in [0.15, 0.2) is 18.2 Å². The van der Waals surface area contributed by atoms with Crippen LogP contribution in [0.3, 0.4) is 0 Å². The van der Waals surface area contributed by atoms with Crippen LogP contribution in [-0.4, -0.2) is 9.55 Å². The second-order valence-corrected chi connectivity index (χ2v) is 5.48. The standard InChI is InChI=1S/C13H18FN3/c1-13(2,3)11(15)12-16-10-8(14)6-5-7-9(10)17(12)4/h5-7,11H,15H2,1-4H3. The van der Waals surface area contributed by atoms with E-state index in [2.05, 4.69) is 4.98 Å². The highest BCUT2D eigenvalue weighted by molar-refractivity contribution is 5.76. The van der Waals surface area contributed by atoms with E-state index in [1.165, 1.54) is 6.07 Å². The predicted octanol–water partition coefficient (Wildman–Crippen LogP) is 2.76. The lowest BCUT2D eigenvalue weighted by Crippen LogP contribution is -2.28. The fourth-order valence-corrected chi connectivity index (χ4v) is 1.86. The van der Waals surface area contributed by atoms with Gasteiger partial charge in [0.05, 0.1) is 11.6 Å². The van der Waals surface area contributed by atoms with E-state index in [-0.39, 0.29) is 17.3 Å². The summed E-state index contributed by atoms with van der Waals surface area (Å²) in [6.45, 7) is 6.15. The first-order valence-corrected chi connectivity index (χ1v) is 5.69. The van der Waals surface area contributed by atoms with Crippen molar-refractivity contribution >= 4 is 11.0 Å². The molecular weight excluding hydrogens is 217 g/mol. The molecule has 17 heavy (non-hydrogen) atoms. The van der Waals surface area contributed by atoms with E-state index < -0.39 is 0 Å². The molecule has 0 aliphatic rings. The summed E-state index contributed by atoms with van der Waals surface area (Å²) in [4.78, 5) is 4.34. The van der Waals surface area contributed by atoms with Gasteiger partial charge in [-0.1, -0.05) is 26.8 Å². The Kier molecular flexibility index (Phi) is 2.70. The van der Waals surface area contributed by atoms with Crippen molar-refractivity contribution < 1.29 is 4.39 Å². The molecule has 0 spiro atoms. The lowest BCUT2D eigenvalue weighted by Gasteiger charge is -2.26. The molecule has 0 bridgehead atoms. The van der Waals surface area contributed by atoms with Gasteiger partial charge in [-0.15, -0.1) is 0 Å². The molecule has 0 amide bonds. The van der Waals surface area contributed by atoms with E-state index in [1.807, 2.05) is 38.5 Å². The number of aromatic nitrogens is 2. The number of rotatable bonds is 1. The SMILES string of the molecule is Cn1c(C(N)C(C)(C)C)nc2c(F)cccc21. The van der Waals surface area contributed by atoms with Crippen molar-refractivity contribution in [1.29, 1.82) is 0 Å². The average molecular weight is 235 g/mol. The van der Waals surface area contributed by atoms with Gasteiger partial charge in [0.25, 0.3) is 0 Å². The zero-order valence-corrected chi connectivity index (χ0v) is 10.7. The average Bonchev–Trinajstić information content (AvgIpc) is 2.56. The third kappa shape index (κ3) is 1.93. The topological polar surface area (TPSA) is 43.8 Å². The Morgan fingerprint density at radius 2 is 2.00 bits per heavy atom. The minimum atomic E-state index is -0.301. The van der Waals surface area contributed by atoms with E-state index in [9.17, 15) is 4.39 Å². The molecule has 0 saturated heterocycles. The van der Waals surface area contributed by atoms with E-state index in [4.69, 9.17) is 5.73 Å². The van der Waals surface area contributed by atoms with Crippen LogP contribution in [0.5, 0.6) is 0 Å². The summed E-state index contributed by atoms with van der Waals surface area (Å²) < 4.78 is 15.5. The van der Waals surface area contributed by atoms with E-state index in [0.29, 0.717) is 5.52 Å². The number of nitrogens with two attached hydrogens (primary N) is 1. The first kappa shape index (κ1) is 12.0. The zero-order chi connectivity index (χ0) is 12.8. The van der Waals surface area contributed by atoms with Crippen molar-refractivity contribution in [2.24, 2.45) is 18.2 Å². The quantitative estimate of drug-likeness (QED) is 0.826. The Morgan fingerprint density at radius 1 is 1.35 bits per heavy atom. The first-order chi connectivity index (χ1) is 7.82. The molecule has 0 aliphatic carbocycles. The van der Waals surface area contributed by atoms with Crippen LogP contribution in [0, 0.1) is 11.2 Å². The fourth-order valence-electron chi connectivity index (χ4n) is 1.86. The molecule has 0 aliphatic heterocycles. The van der Waals surface area contributed by atoms with Crippen LogP contribution in [-0.2, 0) is 7.05 Å². The maximum Gasteiger partial charge on any atom is 0.151 e. The van der Waals surface area contributed by atoms with Gasteiger partial charge in [-0.3, -0.25) is 0 Å². The number of hydrogen-bond donors (Lipinski definition) is 1. The van der Waals surface area contributed by atoms with Gasteiger partial charge >= 0.3 is 0 Å². The van der Waals surface area contributed by atoms with Gasteiger partial charge in [0, 0.05) is 7.05 Å². The van der Waals surface area contributed by atoms with Gasteiger partial charge in [0.2, 0.25) is 0 Å². The van der Waals surface area contributed by atoms with Gasteiger partial charge in [0.15, 0.2) is 5.82 Å². The van der Waals surface area contributed by atoms with Crippen LogP contribution in [0.25, 0.3) is 11.0 Å². The third-order valence-electron chi connectivity index (χ3n) is 3.11. The molecular formula is C13H18FN3. The molecule has 1 aromatic carbocycles. The Hall–Kier alpha value is -1.42. The third-order valence-corrected chi connectivity index (χ3v) is 3.11. The fraction of sp³-hybridized carbons (Fsp3) is 0.462. The second kappa shape index (κ2) is 3.81. The normalized spacial score (nSPS) is 14.2. The van der Waals surface area contributed by atoms with Crippen molar-refractivity contribution in [2.75, 3.05) is 0 Å². The number of para-hydroxylation sites is 1. The molecule has 1 unspecified atom stereocenters. The van der Waals surface area contributed by atoms with Crippen LogP contribution >= 0.6 is 0 Å². The van der Waals surface area contributed by atoms with Crippen molar-refractivity contribution in [2.45, 2.75) is 26.8 Å². The van der Waals surface area contributed by atoms with E-state index >= 15 is 0 Å². The molecule has 3 nitrogen and oxygen atoms in total. The minimum Gasteiger partial charge on any atom is -0.330 e.